The first kappa shape index (κ1) is 18.3. The van der Waals surface area contributed by atoms with E-state index < -0.39 is 0 Å². The Morgan fingerprint density at radius 1 is 0.594 bits per heavy atom. The van der Waals surface area contributed by atoms with Crippen molar-refractivity contribution in [1.29, 1.82) is 0 Å². The fourth-order valence-corrected chi connectivity index (χ4v) is 4.31. The molecule has 5 heteroatoms. The summed E-state index contributed by atoms with van der Waals surface area (Å²) < 4.78 is 0. The maximum absolute atomic E-state index is 4.34. The monoisotopic (exact) mass is 413 g/mol. The van der Waals surface area contributed by atoms with Crippen molar-refractivity contribution in [1.82, 2.24) is 25.6 Å². The molecule has 2 heterocycles. The van der Waals surface area contributed by atoms with E-state index in [9.17, 15) is 0 Å². The zero-order valence-corrected chi connectivity index (χ0v) is 17.2. The van der Waals surface area contributed by atoms with Gasteiger partial charge in [-0.1, -0.05) is 78.9 Å². The molecular weight excluding hydrogens is 394 g/mol. The molecule has 32 heavy (non-hydrogen) atoms. The summed E-state index contributed by atoms with van der Waals surface area (Å²) in [4.78, 5) is 3.43. The van der Waals surface area contributed by atoms with Crippen molar-refractivity contribution in [2.24, 2.45) is 0 Å². The van der Waals surface area contributed by atoms with E-state index in [0.717, 1.165) is 44.5 Å². The number of aromatic nitrogens is 5. The second-order valence-corrected chi connectivity index (χ2v) is 7.66. The highest BCUT2D eigenvalue weighted by molar-refractivity contribution is 6.04. The van der Waals surface area contributed by atoms with Gasteiger partial charge in [0.2, 0.25) is 5.82 Å². The number of tetrazole rings is 1. The Morgan fingerprint density at radius 3 is 2.03 bits per heavy atom. The smallest absolute Gasteiger partial charge is 0.205 e. The van der Waals surface area contributed by atoms with E-state index in [0.29, 0.717) is 5.82 Å². The predicted molar refractivity (Wildman–Crippen MR) is 128 cm³/mol. The number of nitrogens with one attached hydrogen (secondary N) is 2. The first-order valence-electron chi connectivity index (χ1n) is 10.5. The predicted octanol–water partition coefficient (Wildman–Crippen LogP) is 6.35. The molecule has 0 atom stereocenters. The second-order valence-electron chi connectivity index (χ2n) is 7.66. The summed E-state index contributed by atoms with van der Waals surface area (Å²) >= 11 is 0. The topological polar surface area (TPSA) is 70.2 Å². The summed E-state index contributed by atoms with van der Waals surface area (Å²) in [6.07, 6.45) is 2.08. The van der Waals surface area contributed by atoms with Gasteiger partial charge >= 0.3 is 0 Å². The molecule has 2 N–H and O–H groups in total. The summed E-state index contributed by atoms with van der Waals surface area (Å²) in [6.45, 7) is 0. The molecule has 0 aliphatic heterocycles. The first-order valence-corrected chi connectivity index (χ1v) is 10.5. The number of para-hydroxylation sites is 1. The van der Waals surface area contributed by atoms with E-state index in [1.807, 2.05) is 18.2 Å². The molecule has 0 fully saturated rings. The molecule has 0 saturated carbocycles. The van der Waals surface area contributed by atoms with Crippen molar-refractivity contribution in [3.05, 3.63) is 103 Å². The summed E-state index contributed by atoms with van der Waals surface area (Å²) in [5.74, 6) is 0.572. The van der Waals surface area contributed by atoms with Gasteiger partial charge in [-0.3, -0.25) is 0 Å². The van der Waals surface area contributed by atoms with Crippen molar-refractivity contribution >= 4 is 10.9 Å². The highest BCUT2D eigenvalue weighted by atomic mass is 15.5. The van der Waals surface area contributed by atoms with E-state index in [1.165, 1.54) is 5.39 Å². The summed E-state index contributed by atoms with van der Waals surface area (Å²) in [7, 11) is 0. The highest BCUT2D eigenvalue weighted by Crippen LogP contribution is 2.44. The quantitative estimate of drug-likeness (QED) is 0.354. The van der Waals surface area contributed by atoms with Gasteiger partial charge in [0, 0.05) is 33.8 Å². The number of hydrogen-bond donors (Lipinski definition) is 2. The third kappa shape index (κ3) is 3.08. The minimum absolute atomic E-state index is 0.572. The standard InChI is InChI=1S/C27H19N5/c1-3-9-18(10-4-1)20-15-22(24-17-28-25-14-8-7-13-21(24)25)26(19-11-5-2-6-12-19)23(16-20)27-29-31-32-30-27/h1-17,28H,(H,29,30,31,32). The van der Waals surface area contributed by atoms with Crippen molar-refractivity contribution < 1.29 is 0 Å². The zero-order valence-electron chi connectivity index (χ0n) is 17.2. The molecule has 0 aliphatic carbocycles. The molecule has 0 radical (unpaired) electrons. The molecule has 2 aromatic heterocycles. The lowest BCUT2D eigenvalue weighted by atomic mass is 9.86. The van der Waals surface area contributed by atoms with Gasteiger partial charge in [-0.25, -0.2) is 0 Å². The van der Waals surface area contributed by atoms with Crippen LogP contribution in [0.15, 0.2) is 103 Å². The Balaban J connectivity index is 1.74. The minimum Gasteiger partial charge on any atom is -0.361 e. The lowest BCUT2D eigenvalue weighted by Gasteiger charge is -2.16. The summed E-state index contributed by atoms with van der Waals surface area (Å²) in [5, 5.41) is 16.3. The fourth-order valence-electron chi connectivity index (χ4n) is 4.31. The number of fused-ring (bicyclic) bond motifs is 1. The van der Waals surface area contributed by atoms with Crippen molar-refractivity contribution in [2.75, 3.05) is 0 Å². The number of H-pyrrole nitrogens is 2. The van der Waals surface area contributed by atoms with E-state index in [4.69, 9.17) is 0 Å². The summed E-state index contributed by atoms with van der Waals surface area (Å²) in [6, 6.07) is 33.6. The first-order chi connectivity index (χ1) is 15.9. The average Bonchev–Trinajstić information content (AvgIpc) is 3.55. The molecule has 0 spiro atoms. The van der Waals surface area contributed by atoms with E-state index in [1.54, 1.807) is 0 Å². The number of rotatable bonds is 4. The third-order valence-electron chi connectivity index (χ3n) is 5.77. The van der Waals surface area contributed by atoms with Gasteiger partial charge in [-0.2, -0.15) is 5.21 Å². The Kier molecular flexibility index (Phi) is 4.36. The van der Waals surface area contributed by atoms with Crippen molar-refractivity contribution in [3.63, 3.8) is 0 Å². The van der Waals surface area contributed by atoms with Gasteiger partial charge in [0.15, 0.2) is 0 Å². The van der Waals surface area contributed by atoms with E-state index >= 15 is 0 Å². The number of aromatic amines is 2. The third-order valence-corrected chi connectivity index (χ3v) is 5.77. The van der Waals surface area contributed by atoms with Crippen LogP contribution in [-0.4, -0.2) is 25.6 Å². The van der Waals surface area contributed by atoms with Crippen LogP contribution in [0.25, 0.3) is 55.7 Å². The van der Waals surface area contributed by atoms with Crippen LogP contribution in [-0.2, 0) is 0 Å². The molecule has 0 aliphatic rings. The maximum atomic E-state index is 4.34. The molecule has 0 saturated heterocycles. The molecule has 5 nitrogen and oxygen atoms in total. The SMILES string of the molecule is c1ccc(-c2cc(-c3nn[nH]n3)c(-c3ccccc3)c(-c3c[nH]c4ccccc34)c2)cc1. The van der Waals surface area contributed by atoms with Crippen LogP contribution >= 0.6 is 0 Å². The van der Waals surface area contributed by atoms with Crippen LogP contribution in [0.2, 0.25) is 0 Å². The normalized spacial score (nSPS) is 11.1. The maximum Gasteiger partial charge on any atom is 0.205 e. The van der Waals surface area contributed by atoms with Crippen LogP contribution in [0.1, 0.15) is 0 Å². The van der Waals surface area contributed by atoms with Crippen LogP contribution in [0.3, 0.4) is 0 Å². The van der Waals surface area contributed by atoms with Gasteiger partial charge in [0.25, 0.3) is 0 Å². The van der Waals surface area contributed by atoms with Crippen LogP contribution in [0.5, 0.6) is 0 Å². The van der Waals surface area contributed by atoms with Crippen molar-refractivity contribution in [2.45, 2.75) is 0 Å². The van der Waals surface area contributed by atoms with Gasteiger partial charge in [0.05, 0.1) is 0 Å². The average molecular weight is 413 g/mol. The number of hydrogen-bond acceptors (Lipinski definition) is 3. The lowest BCUT2D eigenvalue weighted by Crippen LogP contribution is -1.94. The molecule has 6 rings (SSSR count). The van der Waals surface area contributed by atoms with Crippen LogP contribution < -0.4 is 0 Å². The van der Waals surface area contributed by atoms with E-state index in [2.05, 4.69) is 111 Å². The Labute approximate surface area is 184 Å². The molecule has 0 amide bonds. The Hall–Kier alpha value is -4.51. The molecule has 0 bridgehead atoms. The molecule has 6 aromatic rings. The lowest BCUT2D eigenvalue weighted by molar-refractivity contribution is 0.881. The highest BCUT2D eigenvalue weighted by Gasteiger charge is 2.20. The van der Waals surface area contributed by atoms with Gasteiger partial charge in [-0.15, -0.1) is 10.2 Å². The van der Waals surface area contributed by atoms with E-state index in [-0.39, 0.29) is 0 Å². The molecule has 152 valence electrons. The fraction of sp³-hybridized carbons (Fsp3) is 0. The molecular formula is C27H19N5. The minimum atomic E-state index is 0.572. The molecule has 0 unspecified atom stereocenters. The van der Waals surface area contributed by atoms with Crippen LogP contribution in [0, 0.1) is 0 Å². The van der Waals surface area contributed by atoms with Gasteiger partial charge in [0.1, 0.15) is 0 Å². The molecule has 4 aromatic carbocycles. The zero-order chi connectivity index (χ0) is 21.3. The van der Waals surface area contributed by atoms with Crippen molar-refractivity contribution in [3.8, 4) is 44.8 Å². The Morgan fingerprint density at radius 2 is 1.28 bits per heavy atom. The largest absolute Gasteiger partial charge is 0.361 e. The number of benzene rings is 4. The Bertz CT molecular complexity index is 1500. The van der Waals surface area contributed by atoms with Crippen LogP contribution in [0.4, 0.5) is 0 Å². The van der Waals surface area contributed by atoms with Gasteiger partial charge < -0.3 is 4.98 Å². The second kappa shape index (κ2) is 7.63. The van der Waals surface area contributed by atoms with Gasteiger partial charge in [-0.05, 0) is 45.7 Å². The summed E-state index contributed by atoms with van der Waals surface area (Å²) in [5.41, 5.74) is 8.73. The number of nitrogens with zero attached hydrogens (tertiary/aromatic N) is 3.